The van der Waals surface area contributed by atoms with Crippen LogP contribution in [0.15, 0.2) is 42.7 Å². The average molecular weight is 270 g/mol. The van der Waals surface area contributed by atoms with Crippen molar-refractivity contribution in [3.05, 3.63) is 53.9 Å². The van der Waals surface area contributed by atoms with Crippen LogP contribution in [0.4, 0.5) is 4.79 Å². The van der Waals surface area contributed by atoms with E-state index in [9.17, 15) is 4.79 Å². The molecule has 0 bridgehead atoms. The number of carbonyl (C=O) groups is 1. The summed E-state index contributed by atoms with van der Waals surface area (Å²) in [6.07, 6.45) is 5.95. The number of urea groups is 1. The number of benzene rings is 1. The van der Waals surface area contributed by atoms with Crippen LogP contribution >= 0.6 is 0 Å². The molecular weight excluding hydrogens is 252 g/mol. The van der Waals surface area contributed by atoms with E-state index in [1.165, 1.54) is 5.56 Å². The molecule has 2 amide bonds. The lowest BCUT2D eigenvalue weighted by molar-refractivity contribution is 0.240. The number of nitrogens with one attached hydrogen (secondary N) is 2. The normalized spacial score (nSPS) is 14.0. The molecule has 0 aliphatic heterocycles. The summed E-state index contributed by atoms with van der Waals surface area (Å²) in [5, 5.41) is 10.0. The lowest BCUT2D eigenvalue weighted by atomic mass is 10.2. The number of hydrogen-bond acceptors (Lipinski definition) is 2. The van der Waals surface area contributed by atoms with Crippen LogP contribution in [0.25, 0.3) is 0 Å². The topological polar surface area (TPSA) is 59.0 Å². The van der Waals surface area contributed by atoms with Gasteiger partial charge in [0.15, 0.2) is 0 Å². The van der Waals surface area contributed by atoms with Gasteiger partial charge < -0.3 is 10.6 Å². The van der Waals surface area contributed by atoms with Crippen LogP contribution in [0.3, 0.4) is 0 Å². The molecule has 0 atom stereocenters. The third-order valence-corrected chi connectivity index (χ3v) is 3.24. The first-order valence-corrected chi connectivity index (χ1v) is 6.89. The zero-order valence-electron chi connectivity index (χ0n) is 11.2. The summed E-state index contributed by atoms with van der Waals surface area (Å²) in [4.78, 5) is 11.5. The Balaban J connectivity index is 1.50. The summed E-state index contributed by atoms with van der Waals surface area (Å²) >= 11 is 0. The van der Waals surface area contributed by atoms with Gasteiger partial charge in [0.2, 0.25) is 0 Å². The lowest BCUT2D eigenvalue weighted by Gasteiger charge is -2.04. The highest BCUT2D eigenvalue weighted by atomic mass is 16.2. The fraction of sp³-hybridized carbons (Fsp3) is 0.333. The van der Waals surface area contributed by atoms with Crippen molar-refractivity contribution in [1.29, 1.82) is 0 Å². The molecule has 1 aromatic carbocycles. The molecule has 3 rings (SSSR count). The van der Waals surface area contributed by atoms with Crippen LogP contribution in [0.5, 0.6) is 0 Å². The minimum Gasteiger partial charge on any atom is -0.335 e. The van der Waals surface area contributed by atoms with Gasteiger partial charge in [0.05, 0.1) is 12.7 Å². The number of rotatable bonds is 5. The maximum atomic E-state index is 11.5. The van der Waals surface area contributed by atoms with Gasteiger partial charge in [0, 0.05) is 24.3 Å². The summed E-state index contributed by atoms with van der Waals surface area (Å²) in [5.41, 5.74) is 2.22. The fourth-order valence-electron chi connectivity index (χ4n) is 2.00. The number of amides is 2. The van der Waals surface area contributed by atoms with Crippen molar-refractivity contribution in [2.24, 2.45) is 0 Å². The van der Waals surface area contributed by atoms with E-state index in [1.54, 1.807) is 6.20 Å². The predicted molar refractivity (Wildman–Crippen MR) is 76.2 cm³/mol. The molecule has 0 saturated heterocycles. The highest BCUT2D eigenvalue weighted by molar-refractivity contribution is 5.74. The second-order valence-corrected chi connectivity index (χ2v) is 5.13. The standard InChI is InChI=1S/C15H18N4O/c20-15(18-14-6-7-14)16-8-13-9-17-19(11-13)10-12-4-2-1-3-5-12/h1-5,9,11,14H,6-8,10H2,(H2,16,18,20). The molecule has 1 saturated carbocycles. The number of nitrogens with zero attached hydrogens (tertiary/aromatic N) is 2. The minimum absolute atomic E-state index is 0.0942. The van der Waals surface area contributed by atoms with Crippen molar-refractivity contribution in [2.45, 2.75) is 32.0 Å². The van der Waals surface area contributed by atoms with Gasteiger partial charge >= 0.3 is 6.03 Å². The van der Waals surface area contributed by atoms with Gasteiger partial charge in [-0.2, -0.15) is 5.10 Å². The third-order valence-electron chi connectivity index (χ3n) is 3.24. The Morgan fingerprint density at radius 1 is 1.25 bits per heavy atom. The fourth-order valence-corrected chi connectivity index (χ4v) is 2.00. The zero-order valence-corrected chi connectivity index (χ0v) is 11.2. The summed E-state index contributed by atoms with van der Waals surface area (Å²) in [6.45, 7) is 1.25. The van der Waals surface area contributed by atoms with Crippen molar-refractivity contribution in [3.63, 3.8) is 0 Å². The molecule has 1 aliphatic rings. The van der Waals surface area contributed by atoms with Gasteiger partial charge in [0.1, 0.15) is 0 Å². The van der Waals surface area contributed by atoms with E-state index in [-0.39, 0.29) is 6.03 Å². The first-order valence-electron chi connectivity index (χ1n) is 6.89. The number of aromatic nitrogens is 2. The van der Waals surface area contributed by atoms with Crippen LogP contribution in [0.1, 0.15) is 24.0 Å². The zero-order chi connectivity index (χ0) is 13.8. The van der Waals surface area contributed by atoms with Crippen LogP contribution < -0.4 is 10.6 Å². The molecule has 5 nitrogen and oxygen atoms in total. The lowest BCUT2D eigenvalue weighted by Crippen LogP contribution is -2.36. The highest BCUT2D eigenvalue weighted by Gasteiger charge is 2.22. The Labute approximate surface area is 118 Å². The molecule has 2 N–H and O–H groups in total. The quantitative estimate of drug-likeness (QED) is 0.871. The smallest absolute Gasteiger partial charge is 0.315 e. The van der Waals surface area contributed by atoms with E-state index in [2.05, 4.69) is 27.9 Å². The van der Waals surface area contributed by atoms with E-state index in [0.717, 1.165) is 24.9 Å². The van der Waals surface area contributed by atoms with Gasteiger partial charge in [-0.3, -0.25) is 4.68 Å². The molecule has 1 fully saturated rings. The Hall–Kier alpha value is -2.30. The molecular formula is C15H18N4O. The maximum Gasteiger partial charge on any atom is 0.315 e. The molecule has 1 aromatic heterocycles. The van der Waals surface area contributed by atoms with E-state index < -0.39 is 0 Å². The highest BCUT2D eigenvalue weighted by Crippen LogP contribution is 2.18. The van der Waals surface area contributed by atoms with Crippen molar-refractivity contribution >= 4 is 6.03 Å². The van der Waals surface area contributed by atoms with Gasteiger partial charge in [-0.1, -0.05) is 30.3 Å². The first kappa shape index (κ1) is 12.7. The van der Waals surface area contributed by atoms with Crippen molar-refractivity contribution < 1.29 is 4.79 Å². The van der Waals surface area contributed by atoms with E-state index in [4.69, 9.17) is 0 Å². The van der Waals surface area contributed by atoms with Gasteiger partial charge in [0.25, 0.3) is 0 Å². The molecule has 0 radical (unpaired) electrons. The predicted octanol–water partition coefficient (Wildman–Crippen LogP) is 1.89. The molecule has 1 heterocycles. The molecule has 2 aromatic rings. The van der Waals surface area contributed by atoms with Crippen LogP contribution in [0.2, 0.25) is 0 Å². The van der Waals surface area contributed by atoms with E-state index >= 15 is 0 Å². The molecule has 0 unspecified atom stereocenters. The van der Waals surface area contributed by atoms with Crippen molar-refractivity contribution in [3.8, 4) is 0 Å². The summed E-state index contributed by atoms with van der Waals surface area (Å²) in [7, 11) is 0. The van der Waals surface area contributed by atoms with Gasteiger partial charge in [-0.05, 0) is 18.4 Å². The first-order chi connectivity index (χ1) is 9.79. The van der Waals surface area contributed by atoms with E-state index in [0.29, 0.717) is 12.6 Å². The Morgan fingerprint density at radius 2 is 2.05 bits per heavy atom. The minimum atomic E-state index is -0.0942. The third kappa shape index (κ3) is 3.60. The number of carbonyl (C=O) groups excluding carboxylic acids is 1. The van der Waals surface area contributed by atoms with Crippen molar-refractivity contribution in [2.75, 3.05) is 0 Å². The molecule has 0 spiro atoms. The van der Waals surface area contributed by atoms with Gasteiger partial charge in [-0.25, -0.2) is 4.79 Å². The van der Waals surface area contributed by atoms with Crippen LogP contribution in [-0.4, -0.2) is 21.9 Å². The SMILES string of the molecule is O=C(NCc1cnn(Cc2ccccc2)c1)NC1CC1. The number of hydrogen-bond donors (Lipinski definition) is 2. The Bertz CT molecular complexity index is 575. The Morgan fingerprint density at radius 3 is 2.80 bits per heavy atom. The summed E-state index contributed by atoms with van der Waals surface area (Å²) < 4.78 is 1.88. The largest absolute Gasteiger partial charge is 0.335 e. The second kappa shape index (κ2) is 5.77. The maximum absolute atomic E-state index is 11.5. The average Bonchev–Trinajstić information content (AvgIpc) is 3.15. The van der Waals surface area contributed by atoms with Crippen LogP contribution in [-0.2, 0) is 13.1 Å². The van der Waals surface area contributed by atoms with Crippen molar-refractivity contribution in [1.82, 2.24) is 20.4 Å². The summed E-state index contributed by atoms with van der Waals surface area (Å²) in [5.74, 6) is 0. The second-order valence-electron chi connectivity index (χ2n) is 5.13. The monoisotopic (exact) mass is 270 g/mol. The summed E-state index contributed by atoms with van der Waals surface area (Å²) in [6, 6.07) is 10.5. The Kier molecular flexibility index (Phi) is 3.67. The molecule has 20 heavy (non-hydrogen) atoms. The van der Waals surface area contributed by atoms with Crippen LogP contribution in [0, 0.1) is 0 Å². The van der Waals surface area contributed by atoms with Gasteiger partial charge in [-0.15, -0.1) is 0 Å². The van der Waals surface area contributed by atoms with E-state index in [1.807, 2.05) is 29.1 Å². The molecule has 1 aliphatic carbocycles. The molecule has 5 heteroatoms. The molecule has 104 valence electrons.